The summed E-state index contributed by atoms with van der Waals surface area (Å²) >= 11 is 5.31. The van der Waals surface area contributed by atoms with E-state index in [0.29, 0.717) is 0 Å². The zero-order valence-corrected chi connectivity index (χ0v) is 14.5. The lowest BCUT2D eigenvalue weighted by Gasteiger charge is -2.16. The van der Waals surface area contributed by atoms with Crippen molar-refractivity contribution >= 4 is 38.3 Å². The lowest BCUT2D eigenvalue weighted by molar-refractivity contribution is 0.702. The molecule has 1 N–H and O–H groups in total. The Morgan fingerprint density at radius 3 is 2.52 bits per heavy atom. The molecule has 6 heteroatoms. The van der Waals surface area contributed by atoms with Crippen molar-refractivity contribution < 1.29 is 0 Å². The topological polar surface area (TPSA) is 39.0 Å². The van der Waals surface area contributed by atoms with Crippen molar-refractivity contribution in [1.82, 2.24) is 14.5 Å². The zero-order chi connectivity index (χ0) is 15.1. The second-order valence-electron chi connectivity index (χ2n) is 5.00. The summed E-state index contributed by atoms with van der Waals surface area (Å²) in [6.07, 6.45) is 0. The minimum absolute atomic E-state index is 0.000428. The van der Waals surface area contributed by atoms with E-state index in [-0.39, 0.29) is 11.7 Å². The molecule has 2 aromatic heterocycles. The molecule has 3 aromatic rings. The Balaban J connectivity index is 2.18. The van der Waals surface area contributed by atoms with Crippen LogP contribution >= 0.6 is 27.3 Å². The molecule has 0 aliphatic heterocycles. The Morgan fingerprint density at radius 2 is 1.90 bits per heavy atom. The van der Waals surface area contributed by atoms with E-state index in [4.69, 9.17) is 0 Å². The van der Waals surface area contributed by atoms with Gasteiger partial charge in [-0.15, -0.1) is 11.3 Å². The lowest BCUT2D eigenvalue weighted by atomic mass is 10.0. The van der Waals surface area contributed by atoms with Gasteiger partial charge in [-0.3, -0.25) is 9.13 Å². The number of nitrogens with one attached hydrogen (secondary N) is 1. The van der Waals surface area contributed by atoms with Crippen molar-refractivity contribution in [2.45, 2.75) is 6.04 Å². The standard InChI is InChI=1S/C15H16BrN3OS/c1-17-13(14-10(16)6-7-21-14)9-4-5-11-12(8-9)19(3)15(20)18(11)2/h4-8,13,17H,1-3H3. The molecule has 1 atom stereocenters. The fourth-order valence-electron chi connectivity index (χ4n) is 2.66. The van der Waals surface area contributed by atoms with Crippen LogP contribution in [0.15, 0.2) is 38.9 Å². The number of rotatable bonds is 3. The highest BCUT2D eigenvalue weighted by molar-refractivity contribution is 9.10. The summed E-state index contributed by atoms with van der Waals surface area (Å²) in [6.45, 7) is 0. The van der Waals surface area contributed by atoms with Gasteiger partial charge in [0, 0.05) is 23.4 Å². The third-order valence-corrected chi connectivity index (χ3v) is 5.76. The molecule has 0 aliphatic rings. The molecule has 21 heavy (non-hydrogen) atoms. The summed E-state index contributed by atoms with van der Waals surface area (Å²) < 4.78 is 4.47. The van der Waals surface area contributed by atoms with Crippen molar-refractivity contribution in [3.05, 3.63) is 55.0 Å². The van der Waals surface area contributed by atoms with Crippen molar-refractivity contribution in [2.24, 2.45) is 14.1 Å². The number of halogens is 1. The molecule has 0 bridgehead atoms. The van der Waals surface area contributed by atoms with E-state index in [1.165, 1.54) is 4.88 Å². The SMILES string of the molecule is CNC(c1ccc2c(c1)n(C)c(=O)n2C)c1sccc1Br. The first kappa shape index (κ1) is 14.6. The van der Waals surface area contributed by atoms with Crippen LogP contribution in [0.3, 0.4) is 0 Å². The molecule has 0 radical (unpaired) electrons. The fraction of sp³-hybridized carbons (Fsp3) is 0.267. The molecule has 2 heterocycles. The van der Waals surface area contributed by atoms with Gasteiger partial charge < -0.3 is 5.32 Å². The third-order valence-electron chi connectivity index (χ3n) is 3.83. The largest absolute Gasteiger partial charge is 0.328 e. The fourth-order valence-corrected chi connectivity index (χ4v) is 4.40. The van der Waals surface area contributed by atoms with E-state index < -0.39 is 0 Å². The van der Waals surface area contributed by atoms with Crippen molar-refractivity contribution in [3.63, 3.8) is 0 Å². The van der Waals surface area contributed by atoms with Crippen LogP contribution in [0.5, 0.6) is 0 Å². The lowest BCUT2D eigenvalue weighted by Crippen LogP contribution is -2.19. The Hall–Kier alpha value is -1.37. The summed E-state index contributed by atoms with van der Waals surface area (Å²) in [5.74, 6) is 0. The molecule has 4 nitrogen and oxygen atoms in total. The van der Waals surface area contributed by atoms with Gasteiger partial charge in [-0.05, 0) is 52.1 Å². The quantitative estimate of drug-likeness (QED) is 0.774. The van der Waals surface area contributed by atoms with Gasteiger partial charge in [-0.1, -0.05) is 6.07 Å². The van der Waals surface area contributed by atoms with E-state index in [9.17, 15) is 4.79 Å². The van der Waals surface area contributed by atoms with Gasteiger partial charge in [0.05, 0.1) is 17.1 Å². The highest BCUT2D eigenvalue weighted by atomic mass is 79.9. The highest BCUT2D eigenvalue weighted by Crippen LogP contribution is 2.33. The highest BCUT2D eigenvalue weighted by Gasteiger charge is 2.18. The van der Waals surface area contributed by atoms with Crippen LogP contribution in [0, 0.1) is 0 Å². The van der Waals surface area contributed by atoms with E-state index in [1.807, 2.05) is 20.2 Å². The number of thiophene rings is 1. The van der Waals surface area contributed by atoms with Crippen LogP contribution in [0.4, 0.5) is 0 Å². The van der Waals surface area contributed by atoms with Gasteiger partial charge >= 0.3 is 5.69 Å². The molecular formula is C15H16BrN3OS. The Labute approximate surface area is 135 Å². The van der Waals surface area contributed by atoms with E-state index in [0.717, 1.165) is 21.1 Å². The maximum atomic E-state index is 12.0. The molecule has 3 rings (SSSR count). The summed E-state index contributed by atoms with van der Waals surface area (Å²) in [6, 6.07) is 8.34. The van der Waals surface area contributed by atoms with Crippen molar-refractivity contribution in [1.29, 1.82) is 0 Å². The molecule has 0 amide bonds. The van der Waals surface area contributed by atoms with Crippen molar-refractivity contribution in [2.75, 3.05) is 7.05 Å². The number of hydrogen-bond donors (Lipinski definition) is 1. The van der Waals surface area contributed by atoms with Crippen LogP contribution in [0.2, 0.25) is 0 Å². The number of aromatic nitrogens is 2. The predicted molar refractivity (Wildman–Crippen MR) is 91.1 cm³/mol. The average molecular weight is 366 g/mol. The average Bonchev–Trinajstić information content (AvgIpc) is 2.99. The number of aryl methyl sites for hydroxylation is 2. The Morgan fingerprint density at radius 1 is 1.19 bits per heavy atom. The Kier molecular flexibility index (Phi) is 3.77. The molecule has 0 aliphatic carbocycles. The first-order valence-corrected chi connectivity index (χ1v) is 8.27. The van der Waals surface area contributed by atoms with E-state index in [2.05, 4.69) is 44.8 Å². The van der Waals surface area contributed by atoms with Crippen molar-refractivity contribution in [3.8, 4) is 0 Å². The first-order valence-electron chi connectivity index (χ1n) is 6.60. The summed E-state index contributed by atoms with van der Waals surface area (Å²) in [5.41, 5.74) is 3.05. The maximum absolute atomic E-state index is 12.0. The van der Waals surface area contributed by atoms with E-state index >= 15 is 0 Å². The van der Waals surface area contributed by atoms with Crippen LogP contribution in [-0.4, -0.2) is 16.2 Å². The Bertz CT molecular complexity index is 862. The van der Waals surface area contributed by atoms with Gasteiger partial charge in [0.2, 0.25) is 0 Å². The van der Waals surface area contributed by atoms with Gasteiger partial charge in [-0.25, -0.2) is 4.79 Å². The van der Waals surface area contributed by atoms with Gasteiger partial charge in [0.15, 0.2) is 0 Å². The minimum atomic E-state index is 0.000428. The minimum Gasteiger partial charge on any atom is -0.309 e. The molecule has 0 saturated heterocycles. The molecule has 0 spiro atoms. The van der Waals surface area contributed by atoms with Crippen LogP contribution in [0.1, 0.15) is 16.5 Å². The van der Waals surface area contributed by atoms with Crippen LogP contribution < -0.4 is 11.0 Å². The smallest absolute Gasteiger partial charge is 0.309 e. The molecule has 0 saturated carbocycles. The molecular weight excluding hydrogens is 350 g/mol. The van der Waals surface area contributed by atoms with Gasteiger partial charge in [0.1, 0.15) is 0 Å². The number of nitrogens with zero attached hydrogens (tertiary/aromatic N) is 2. The molecule has 1 aromatic carbocycles. The molecule has 1 unspecified atom stereocenters. The van der Waals surface area contributed by atoms with Crippen LogP contribution in [-0.2, 0) is 14.1 Å². The zero-order valence-electron chi connectivity index (χ0n) is 12.1. The molecule has 110 valence electrons. The summed E-state index contributed by atoms with van der Waals surface area (Å²) in [5, 5.41) is 5.42. The van der Waals surface area contributed by atoms with Gasteiger partial charge in [-0.2, -0.15) is 0 Å². The van der Waals surface area contributed by atoms with Gasteiger partial charge in [0.25, 0.3) is 0 Å². The van der Waals surface area contributed by atoms with E-state index in [1.54, 1.807) is 27.5 Å². The normalized spacial score (nSPS) is 13.0. The summed E-state index contributed by atoms with van der Waals surface area (Å²) in [4.78, 5) is 13.3. The second kappa shape index (κ2) is 5.44. The number of fused-ring (bicyclic) bond motifs is 1. The second-order valence-corrected chi connectivity index (χ2v) is 6.81. The maximum Gasteiger partial charge on any atom is 0.328 e. The predicted octanol–water partition coefficient (Wildman–Crippen LogP) is 3.01. The van der Waals surface area contributed by atoms with Crippen LogP contribution in [0.25, 0.3) is 11.0 Å². The number of hydrogen-bond acceptors (Lipinski definition) is 3. The summed E-state index contributed by atoms with van der Waals surface area (Å²) in [7, 11) is 5.56. The number of benzene rings is 1. The monoisotopic (exact) mass is 365 g/mol. The molecule has 0 fully saturated rings. The third kappa shape index (κ3) is 2.27. The number of imidazole rings is 1. The first-order chi connectivity index (χ1) is 10.0.